The van der Waals surface area contributed by atoms with E-state index in [2.05, 4.69) is 10.1 Å². The fourth-order valence-electron chi connectivity index (χ4n) is 2.38. The van der Waals surface area contributed by atoms with E-state index < -0.39 is 6.04 Å². The van der Waals surface area contributed by atoms with E-state index in [1.807, 2.05) is 6.92 Å². The van der Waals surface area contributed by atoms with Crippen molar-refractivity contribution in [2.75, 3.05) is 6.61 Å². The van der Waals surface area contributed by atoms with Crippen LogP contribution in [0.1, 0.15) is 30.2 Å². The highest BCUT2D eigenvalue weighted by atomic mass is 32.1. The van der Waals surface area contributed by atoms with Crippen molar-refractivity contribution in [1.29, 1.82) is 0 Å². The van der Waals surface area contributed by atoms with Crippen LogP contribution in [0.5, 0.6) is 5.75 Å². The lowest BCUT2D eigenvalue weighted by atomic mass is 10.1. The predicted molar refractivity (Wildman–Crippen MR) is 95.2 cm³/mol. The SMILES string of the molecule is CCOc1ccc(C(=O)[C@H](C)n2nc(-c3ccncc3)oc2=S)cc1. The minimum absolute atomic E-state index is 0.103. The summed E-state index contributed by atoms with van der Waals surface area (Å²) in [5, 5.41) is 4.35. The highest BCUT2D eigenvalue weighted by Crippen LogP contribution is 2.22. The van der Waals surface area contributed by atoms with Crippen molar-refractivity contribution < 1.29 is 13.9 Å². The van der Waals surface area contributed by atoms with E-state index in [9.17, 15) is 4.79 Å². The van der Waals surface area contributed by atoms with Gasteiger partial charge in [-0.1, -0.05) is 0 Å². The fraction of sp³-hybridized carbons (Fsp3) is 0.222. The van der Waals surface area contributed by atoms with Crippen LogP contribution in [0.15, 0.2) is 53.2 Å². The van der Waals surface area contributed by atoms with Gasteiger partial charge in [0.05, 0.1) is 6.61 Å². The normalized spacial score (nSPS) is 11.9. The second-order valence-corrected chi connectivity index (χ2v) is 5.70. The maximum atomic E-state index is 12.7. The number of ether oxygens (including phenoxy) is 1. The molecule has 0 aliphatic rings. The Hall–Kier alpha value is -2.80. The number of nitrogens with zero attached hydrogens (tertiary/aromatic N) is 3. The Balaban J connectivity index is 1.85. The molecule has 0 saturated heterocycles. The molecule has 0 unspecified atom stereocenters. The number of ketones is 1. The van der Waals surface area contributed by atoms with Gasteiger partial charge in [0, 0.05) is 23.5 Å². The van der Waals surface area contributed by atoms with Crippen molar-refractivity contribution in [3.05, 3.63) is 59.2 Å². The zero-order valence-corrected chi connectivity index (χ0v) is 14.7. The van der Waals surface area contributed by atoms with Crippen LogP contribution in [0.2, 0.25) is 0 Å². The molecule has 1 aromatic carbocycles. The average molecular weight is 355 g/mol. The van der Waals surface area contributed by atoms with Gasteiger partial charge in [-0.05, 0) is 62.5 Å². The molecule has 0 amide bonds. The number of rotatable bonds is 6. The van der Waals surface area contributed by atoms with E-state index in [0.29, 0.717) is 18.1 Å². The Morgan fingerprint density at radius 1 is 1.24 bits per heavy atom. The molecule has 2 heterocycles. The van der Waals surface area contributed by atoms with E-state index in [-0.39, 0.29) is 10.6 Å². The number of carbonyl (C=O) groups excluding carboxylic acids is 1. The van der Waals surface area contributed by atoms with Crippen molar-refractivity contribution >= 4 is 18.0 Å². The fourth-order valence-corrected chi connectivity index (χ4v) is 2.66. The first-order valence-electron chi connectivity index (χ1n) is 7.87. The maximum Gasteiger partial charge on any atom is 0.287 e. The van der Waals surface area contributed by atoms with Gasteiger partial charge in [0.1, 0.15) is 11.8 Å². The smallest absolute Gasteiger partial charge is 0.287 e. The molecule has 0 fully saturated rings. The Kier molecular flexibility index (Phi) is 5.04. The van der Waals surface area contributed by atoms with Gasteiger partial charge >= 0.3 is 0 Å². The lowest BCUT2D eigenvalue weighted by Gasteiger charge is -2.10. The van der Waals surface area contributed by atoms with Gasteiger partial charge < -0.3 is 9.15 Å². The first-order chi connectivity index (χ1) is 12.1. The molecule has 2 aromatic heterocycles. The van der Waals surface area contributed by atoms with Crippen LogP contribution in [0, 0.1) is 4.84 Å². The van der Waals surface area contributed by atoms with E-state index in [1.54, 1.807) is 55.7 Å². The molecule has 0 aliphatic carbocycles. The topological polar surface area (TPSA) is 70.2 Å². The van der Waals surface area contributed by atoms with Crippen LogP contribution < -0.4 is 4.74 Å². The lowest BCUT2D eigenvalue weighted by molar-refractivity contribution is 0.0925. The summed E-state index contributed by atoms with van der Waals surface area (Å²) in [6.07, 6.45) is 3.28. The van der Waals surface area contributed by atoms with Gasteiger partial charge in [-0.2, -0.15) is 0 Å². The third kappa shape index (κ3) is 3.66. The number of pyridine rings is 1. The number of hydrogen-bond donors (Lipinski definition) is 0. The van der Waals surface area contributed by atoms with E-state index >= 15 is 0 Å². The average Bonchev–Trinajstić information content (AvgIpc) is 3.04. The van der Waals surface area contributed by atoms with Gasteiger partial charge in [-0.3, -0.25) is 9.78 Å². The van der Waals surface area contributed by atoms with Crippen LogP contribution in [0.25, 0.3) is 11.5 Å². The van der Waals surface area contributed by atoms with Gasteiger partial charge in [0.15, 0.2) is 5.78 Å². The van der Waals surface area contributed by atoms with Gasteiger partial charge in [-0.15, -0.1) is 5.10 Å². The molecule has 3 aromatic rings. The second-order valence-electron chi connectivity index (χ2n) is 5.35. The molecule has 0 bridgehead atoms. The van der Waals surface area contributed by atoms with Gasteiger partial charge in [-0.25, -0.2) is 4.68 Å². The Morgan fingerprint density at radius 3 is 2.56 bits per heavy atom. The molecular formula is C18H17N3O3S. The Bertz CT molecular complexity index is 917. The van der Waals surface area contributed by atoms with Crippen molar-refractivity contribution in [2.24, 2.45) is 0 Å². The first kappa shape index (κ1) is 17.0. The van der Waals surface area contributed by atoms with Crippen molar-refractivity contribution in [3.63, 3.8) is 0 Å². The molecule has 7 heteroatoms. The zero-order valence-electron chi connectivity index (χ0n) is 13.9. The third-order valence-electron chi connectivity index (χ3n) is 3.69. The molecule has 0 N–H and O–H groups in total. The Labute approximate surface area is 150 Å². The molecule has 6 nitrogen and oxygen atoms in total. The number of carbonyl (C=O) groups is 1. The van der Waals surface area contributed by atoms with E-state index in [4.69, 9.17) is 21.4 Å². The van der Waals surface area contributed by atoms with E-state index in [1.165, 1.54) is 4.68 Å². The highest BCUT2D eigenvalue weighted by molar-refractivity contribution is 7.71. The monoisotopic (exact) mass is 355 g/mol. The second kappa shape index (κ2) is 7.40. The van der Waals surface area contributed by atoms with Crippen LogP contribution in [0.4, 0.5) is 0 Å². The minimum atomic E-state index is -0.579. The Morgan fingerprint density at radius 2 is 1.92 bits per heavy atom. The largest absolute Gasteiger partial charge is 0.494 e. The van der Waals surface area contributed by atoms with Crippen LogP contribution >= 0.6 is 12.2 Å². The van der Waals surface area contributed by atoms with Gasteiger partial charge in [0.2, 0.25) is 5.89 Å². The standard InChI is InChI=1S/C18H17N3O3S/c1-3-23-15-6-4-13(5-7-15)16(22)12(2)21-18(25)24-17(20-21)14-8-10-19-11-9-14/h4-12H,3H2,1-2H3/t12-/m0/s1. The lowest BCUT2D eigenvalue weighted by Crippen LogP contribution is -2.18. The van der Waals surface area contributed by atoms with Crippen molar-refractivity contribution in [1.82, 2.24) is 14.8 Å². The molecule has 1 atom stereocenters. The van der Waals surface area contributed by atoms with Crippen LogP contribution in [0.3, 0.4) is 0 Å². The van der Waals surface area contributed by atoms with Crippen LogP contribution in [-0.2, 0) is 0 Å². The number of hydrogen-bond acceptors (Lipinski definition) is 6. The molecule has 128 valence electrons. The summed E-state index contributed by atoms with van der Waals surface area (Å²) >= 11 is 5.22. The molecule has 0 spiro atoms. The number of Topliss-reactive ketones (excluding diaryl/α,β-unsaturated/α-hetero) is 1. The minimum Gasteiger partial charge on any atom is -0.494 e. The van der Waals surface area contributed by atoms with Gasteiger partial charge in [0.25, 0.3) is 4.84 Å². The zero-order chi connectivity index (χ0) is 17.8. The summed E-state index contributed by atoms with van der Waals surface area (Å²) in [5.41, 5.74) is 1.31. The van der Waals surface area contributed by atoms with Crippen molar-refractivity contribution in [2.45, 2.75) is 19.9 Å². The first-order valence-corrected chi connectivity index (χ1v) is 8.28. The highest BCUT2D eigenvalue weighted by Gasteiger charge is 2.21. The molecule has 0 aliphatic heterocycles. The van der Waals surface area contributed by atoms with Crippen molar-refractivity contribution in [3.8, 4) is 17.2 Å². The molecular weight excluding hydrogens is 338 g/mol. The number of aromatic nitrogens is 3. The summed E-state index contributed by atoms with van der Waals surface area (Å²) in [7, 11) is 0. The molecule has 3 rings (SSSR count). The predicted octanol–water partition coefficient (Wildman–Crippen LogP) is 4.11. The summed E-state index contributed by atoms with van der Waals surface area (Å²) in [4.78, 5) is 16.8. The summed E-state index contributed by atoms with van der Waals surface area (Å²) in [6, 6.07) is 9.97. The number of benzene rings is 1. The summed E-state index contributed by atoms with van der Waals surface area (Å²) < 4.78 is 12.3. The summed E-state index contributed by atoms with van der Waals surface area (Å²) in [6.45, 7) is 4.23. The third-order valence-corrected chi connectivity index (χ3v) is 3.96. The maximum absolute atomic E-state index is 12.7. The molecule has 0 saturated carbocycles. The quantitative estimate of drug-likeness (QED) is 0.489. The molecule has 25 heavy (non-hydrogen) atoms. The molecule has 0 radical (unpaired) electrons. The van der Waals surface area contributed by atoms with E-state index in [0.717, 1.165) is 11.3 Å². The van der Waals surface area contributed by atoms with Crippen LogP contribution in [-0.4, -0.2) is 27.2 Å². The summed E-state index contributed by atoms with van der Waals surface area (Å²) in [5.74, 6) is 0.984.